The Morgan fingerprint density at radius 1 is 0.927 bits per heavy atom. The summed E-state index contributed by atoms with van der Waals surface area (Å²) in [6.45, 7) is 12.7. The first-order chi connectivity index (χ1) is 20.0. The number of unbranched alkanes of at least 4 members (excludes halogenated alkanes) is 3. The Labute approximate surface area is 248 Å². The predicted octanol–water partition coefficient (Wildman–Crippen LogP) is 4.51. The van der Waals surface area contributed by atoms with Gasteiger partial charge in [-0.2, -0.15) is 0 Å². The van der Waals surface area contributed by atoms with E-state index < -0.39 is 0 Å². The molecule has 9 nitrogen and oxygen atoms in total. The second kappa shape index (κ2) is 16.4. The number of hydrogen-bond donors (Lipinski definition) is 3. The Bertz CT molecular complexity index is 939. The second-order valence-electron chi connectivity index (χ2n) is 12.2. The molecule has 0 saturated carbocycles. The minimum atomic E-state index is -0.311. The highest BCUT2D eigenvalue weighted by molar-refractivity contribution is 6.45. The maximum absolute atomic E-state index is 13.0. The van der Waals surface area contributed by atoms with Crippen LogP contribution in [0.2, 0.25) is 0 Å². The van der Waals surface area contributed by atoms with Crippen LogP contribution in [0.3, 0.4) is 0 Å². The van der Waals surface area contributed by atoms with E-state index in [2.05, 4.69) is 39.2 Å². The minimum absolute atomic E-state index is 0.0223. The smallest absolute Gasteiger partial charge is 0.270 e. The van der Waals surface area contributed by atoms with Crippen LogP contribution in [0, 0.1) is 5.41 Å². The Kier molecular flexibility index (Phi) is 12.7. The van der Waals surface area contributed by atoms with E-state index in [0.29, 0.717) is 23.5 Å². The average Bonchev–Trinajstić information content (AvgIpc) is 3.27. The summed E-state index contributed by atoms with van der Waals surface area (Å²) in [5.41, 5.74) is 0.527. The number of carbonyl (C=O) groups excluding carboxylic acids is 1. The van der Waals surface area contributed by atoms with Gasteiger partial charge in [-0.25, -0.2) is 4.98 Å². The van der Waals surface area contributed by atoms with Crippen LogP contribution in [0.25, 0.3) is 0 Å². The Morgan fingerprint density at radius 2 is 1.54 bits per heavy atom. The van der Waals surface area contributed by atoms with Gasteiger partial charge in [-0.05, 0) is 63.7 Å². The lowest BCUT2D eigenvalue weighted by Gasteiger charge is -2.36. The molecule has 1 amide bonds. The van der Waals surface area contributed by atoms with Gasteiger partial charge < -0.3 is 30.1 Å². The van der Waals surface area contributed by atoms with Gasteiger partial charge in [-0.1, -0.05) is 46.0 Å². The summed E-state index contributed by atoms with van der Waals surface area (Å²) < 4.78 is 5.70. The molecule has 0 spiro atoms. The second-order valence-corrected chi connectivity index (χ2v) is 12.2. The highest BCUT2D eigenvalue weighted by Gasteiger charge is 2.38. The van der Waals surface area contributed by atoms with Gasteiger partial charge in [0.1, 0.15) is 17.3 Å². The van der Waals surface area contributed by atoms with Crippen molar-refractivity contribution in [1.82, 2.24) is 20.1 Å². The van der Waals surface area contributed by atoms with Crippen LogP contribution in [0.15, 0.2) is 12.1 Å². The number of hydrogen-bond acceptors (Lipinski definition) is 8. The van der Waals surface area contributed by atoms with Crippen molar-refractivity contribution in [2.75, 3.05) is 69.7 Å². The number of likely N-dealkylation sites (tertiary alicyclic amines) is 2. The third kappa shape index (κ3) is 8.88. The molecule has 0 aromatic carbocycles. The lowest BCUT2D eigenvalue weighted by molar-refractivity contribution is -0.115. The van der Waals surface area contributed by atoms with E-state index in [1.54, 1.807) is 7.05 Å². The first-order valence-corrected chi connectivity index (χ1v) is 16.4. The van der Waals surface area contributed by atoms with Gasteiger partial charge >= 0.3 is 0 Å². The lowest BCUT2D eigenvalue weighted by atomic mass is 10.0. The van der Waals surface area contributed by atoms with Crippen LogP contribution in [0.1, 0.15) is 90.0 Å². The van der Waals surface area contributed by atoms with Crippen molar-refractivity contribution in [2.24, 2.45) is 0 Å². The molecular weight excluding hydrogens is 514 g/mol. The number of anilines is 2. The molecule has 5 rings (SSSR count). The summed E-state index contributed by atoms with van der Waals surface area (Å²) >= 11 is 0. The van der Waals surface area contributed by atoms with E-state index in [9.17, 15) is 4.79 Å². The first-order valence-electron chi connectivity index (χ1n) is 16.4. The Hall–Kier alpha value is -2.23. The van der Waals surface area contributed by atoms with Crippen molar-refractivity contribution < 1.29 is 9.53 Å². The van der Waals surface area contributed by atoms with Crippen molar-refractivity contribution in [3.8, 4) is 0 Å². The number of carbonyl (C=O) groups is 1. The Morgan fingerprint density at radius 3 is 2.12 bits per heavy atom. The largest absolute Gasteiger partial charge is 0.377 e. The SMILES string of the molecule is CCCCCC.CNc1nc(N2C3CCC2COC3)ccc1C(=N)C(=O)NC1CCN(CCN2CCCCC2)CC1. The molecule has 2 unspecified atom stereocenters. The monoisotopic (exact) mass is 569 g/mol. The number of rotatable bonds is 11. The normalized spacial score (nSPS) is 23.5. The van der Waals surface area contributed by atoms with Crippen molar-refractivity contribution in [1.29, 1.82) is 5.41 Å². The van der Waals surface area contributed by atoms with Crippen LogP contribution in [-0.2, 0) is 9.53 Å². The van der Waals surface area contributed by atoms with Crippen molar-refractivity contribution in [3.05, 3.63) is 17.7 Å². The van der Waals surface area contributed by atoms with Crippen LogP contribution in [0.4, 0.5) is 11.6 Å². The van der Waals surface area contributed by atoms with Crippen LogP contribution >= 0.6 is 0 Å². The number of fused-ring (bicyclic) bond motifs is 2. The summed E-state index contributed by atoms with van der Waals surface area (Å²) in [5.74, 6) is 1.18. The van der Waals surface area contributed by atoms with Crippen LogP contribution in [-0.4, -0.2) is 104 Å². The highest BCUT2D eigenvalue weighted by Crippen LogP contribution is 2.34. The fourth-order valence-corrected chi connectivity index (χ4v) is 6.63. The molecule has 5 heterocycles. The molecule has 0 aliphatic carbocycles. The molecule has 230 valence electrons. The van der Waals surface area contributed by atoms with Crippen molar-refractivity contribution in [3.63, 3.8) is 0 Å². The fourth-order valence-electron chi connectivity index (χ4n) is 6.63. The Balaban J connectivity index is 0.000000585. The minimum Gasteiger partial charge on any atom is -0.377 e. The number of aromatic nitrogens is 1. The number of ether oxygens (including phenoxy) is 1. The molecule has 4 aliphatic rings. The predicted molar refractivity (Wildman–Crippen MR) is 168 cm³/mol. The third-order valence-electron chi connectivity index (χ3n) is 9.18. The van der Waals surface area contributed by atoms with Crippen molar-refractivity contribution >= 4 is 23.3 Å². The number of pyridine rings is 1. The van der Waals surface area contributed by atoms with Crippen molar-refractivity contribution in [2.45, 2.75) is 103 Å². The number of piperidine rings is 2. The molecule has 4 aliphatic heterocycles. The molecule has 0 radical (unpaired) electrons. The average molecular weight is 570 g/mol. The lowest BCUT2D eigenvalue weighted by Crippen LogP contribution is -2.48. The van der Waals surface area contributed by atoms with E-state index in [1.165, 1.54) is 58.0 Å². The molecular formula is C32H55N7O2. The molecule has 1 aromatic rings. The summed E-state index contributed by atoms with van der Waals surface area (Å²) in [7, 11) is 1.80. The van der Waals surface area contributed by atoms with Gasteiger partial charge in [-0.3, -0.25) is 10.2 Å². The highest BCUT2D eigenvalue weighted by atomic mass is 16.5. The molecule has 2 bridgehead atoms. The molecule has 9 heteroatoms. The van der Waals surface area contributed by atoms with E-state index >= 15 is 0 Å². The quantitative estimate of drug-likeness (QED) is 0.267. The summed E-state index contributed by atoms with van der Waals surface area (Å²) in [4.78, 5) is 25.2. The summed E-state index contributed by atoms with van der Waals surface area (Å²) in [6.07, 6.45) is 13.7. The summed E-state index contributed by atoms with van der Waals surface area (Å²) in [5, 5.41) is 14.8. The van der Waals surface area contributed by atoms with E-state index in [4.69, 9.17) is 15.1 Å². The van der Waals surface area contributed by atoms with Crippen LogP contribution in [0.5, 0.6) is 0 Å². The maximum atomic E-state index is 13.0. The zero-order valence-corrected chi connectivity index (χ0v) is 25.9. The van der Waals surface area contributed by atoms with Gasteiger partial charge in [-0.15, -0.1) is 0 Å². The van der Waals surface area contributed by atoms with Crippen LogP contribution < -0.4 is 15.5 Å². The molecule has 1 aromatic heterocycles. The first kappa shape index (κ1) is 31.7. The van der Waals surface area contributed by atoms with Gasteiger partial charge in [0.2, 0.25) is 0 Å². The van der Waals surface area contributed by atoms with E-state index in [1.807, 2.05) is 12.1 Å². The molecule has 4 saturated heterocycles. The number of nitrogens with one attached hydrogen (secondary N) is 3. The zero-order valence-electron chi connectivity index (χ0n) is 25.9. The number of amides is 1. The summed E-state index contributed by atoms with van der Waals surface area (Å²) in [6, 6.07) is 4.68. The third-order valence-corrected chi connectivity index (χ3v) is 9.18. The van der Waals surface area contributed by atoms with E-state index in [0.717, 1.165) is 70.9 Å². The number of morpholine rings is 1. The van der Waals surface area contributed by atoms with Gasteiger partial charge in [0, 0.05) is 44.8 Å². The maximum Gasteiger partial charge on any atom is 0.270 e. The molecule has 4 fully saturated rings. The standard InChI is InChI=1S/C26H41N7O2.C6H14/c1-28-25-22(7-8-23(30-25)33-20-5-6-21(33)18-35-17-20)24(27)26(34)29-19-9-13-32(14-10-19)16-15-31-11-3-2-4-12-31;1-3-5-6-4-2/h7-8,19-21,27H,2-6,9-18H2,1H3,(H,28,30)(H,29,34);3-6H2,1-2H3. The molecule has 41 heavy (non-hydrogen) atoms. The topological polar surface area (TPSA) is 96.8 Å². The zero-order chi connectivity index (χ0) is 29.0. The van der Waals surface area contributed by atoms with E-state index in [-0.39, 0.29) is 17.7 Å². The van der Waals surface area contributed by atoms with Gasteiger partial charge in [0.25, 0.3) is 5.91 Å². The van der Waals surface area contributed by atoms with Gasteiger partial charge in [0.05, 0.1) is 25.3 Å². The number of nitrogens with zero attached hydrogens (tertiary/aromatic N) is 4. The molecule has 3 N–H and O–H groups in total. The van der Waals surface area contributed by atoms with Gasteiger partial charge in [0.15, 0.2) is 0 Å². The fraction of sp³-hybridized carbons (Fsp3) is 0.781. The molecule has 2 atom stereocenters.